The molecule has 31 heavy (non-hydrogen) atoms. The van der Waals surface area contributed by atoms with Crippen LogP contribution in [-0.2, 0) is 11.3 Å². The molecule has 1 aliphatic rings. The molecular formula is C24H28Cl2N4O. The van der Waals surface area contributed by atoms with Gasteiger partial charge in [-0.3, -0.25) is 15.2 Å². The van der Waals surface area contributed by atoms with E-state index in [1.165, 1.54) is 6.42 Å². The van der Waals surface area contributed by atoms with Crippen LogP contribution in [0.3, 0.4) is 0 Å². The molecule has 1 fully saturated rings. The van der Waals surface area contributed by atoms with Crippen LogP contribution in [0.25, 0.3) is 0 Å². The van der Waals surface area contributed by atoms with Gasteiger partial charge in [0, 0.05) is 41.1 Å². The second kappa shape index (κ2) is 11.3. The lowest BCUT2D eigenvalue weighted by molar-refractivity contribution is -0.122. The van der Waals surface area contributed by atoms with E-state index in [9.17, 15) is 4.79 Å². The molecule has 1 amide bonds. The van der Waals surface area contributed by atoms with Crippen LogP contribution in [0.15, 0.2) is 64.9 Å². The van der Waals surface area contributed by atoms with E-state index in [-0.39, 0.29) is 5.91 Å². The van der Waals surface area contributed by atoms with Crippen molar-refractivity contribution in [2.75, 3.05) is 18.0 Å². The van der Waals surface area contributed by atoms with E-state index < -0.39 is 0 Å². The fraction of sp³-hybridized carbons (Fsp3) is 0.333. The SMILES string of the molecule is C=N/C(C(=O)NN1CCCCC1)=C(/CC)N(Cc1ccccc1Cl)c1ccc(Cl)cc1. The fourth-order valence-corrected chi connectivity index (χ4v) is 4.06. The first-order chi connectivity index (χ1) is 15.0. The van der Waals surface area contributed by atoms with E-state index >= 15 is 0 Å². The van der Waals surface area contributed by atoms with Gasteiger partial charge in [-0.1, -0.05) is 54.7 Å². The zero-order valence-corrected chi connectivity index (χ0v) is 19.3. The molecule has 0 unspecified atom stereocenters. The molecule has 1 saturated heterocycles. The van der Waals surface area contributed by atoms with Crippen molar-refractivity contribution in [3.05, 3.63) is 75.5 Å². The maximum absolute atomic E-state index is 13.1. The van der Waals surface area contributed by atoms with Crippen LogP contribution in [0, 0.1) is 0 Å². The van der Waals surface area contributed by atoms with E-state index in [0.29, 0.717) is 28.7 Å². The highest BCUT2D eigenvalue weighted by molar-refractivity contribution is 6.31. The average molecular weight is 459 g/mol. The summed E-state index contributed by atoms with van der Waals surface area (Å²) >= 11 is 12.6. The van der Waals surface area contributed by atoms with Crippen LogP contribution < -0.4 is 10.3 Å². The van der Waals surface area contributed by atoms with Gasteiger partial charge in [0.05, 0.1) is 0 Å². The molecule has 7 heteroatoms. The van der Waals surface area contributed by atoms with E-state index in [0.717, 1.165) is 42.9 Å². The second-order valence-electron chi connectivity index (χ2n) is 7.45. The molecule has 164 valence electrons. The Balaban J connectivity index is 1.99. The van der Waals surface area contributed by atoms with Crippen LogP contribution >= 0.6 is 23.2 Å². The molecule has 0 radical (unpaired) electrons. The molecule has 0 spiro atoms. The van der Waals surface area contributed by atoms with E-state index in [1.807, 2.05) is 60.5 Å². The number of rotatable bonds is 8. The highest BCUT2D eigenvalue weighted by Gasteiger charge is 2.23. The predicted molar refractivity (Wildman–Crippen MR) is 130 cm³/mol. The summed E-state index contributed by atoms with van der Waals surface area (Å²) in [7, 11) is 0. The largest absolute Gasteiger partial charge is 0.338 e. The summed E-state index contributed by atoms with van der Waals surface area (Å²) in [6.45, 7) is 7.88. The molecule has 0 saturated carbocycles. The first-order valence-electron chi connectivity index (χ1n) is 10.6. The quantitative estimate of drug-likeness (QED) is 0.399. The molecule has 2 aromatic carbocycles. The summed E-state index contributed by atoms with van der Waals surface area (Å²) in [6.07, 6.45) is 3.93. The summed E-state index contributed by atoms with van der Waals surface area (Å²) in [5.41, 5.74) is 5.93. The minimum atomic E-state index is -0.244. The summed E-state index contributed by atoms with van der Waals surface area (Å²) in [6, 6.07) is 15.2. The number of nitrogens with zero attached hydrogens (tertiary/aromatic N) is 3. The van der Waals surface area contributed by atoms with E-state index in [4.69, 9.17) is 23.2 Å². The maximum atomic E-state index is 13.1. The number of hydrazine groups is 1. The number of benzene rings is 2. The number of allylic oxidation sites excluding steroid dienone is 1. The average Bonchev–Trinajstić information content (AvgIpc) is 2.78. The number of hydrogen-bond donors (Lipinski definition) is 1. The Morgan fingerprint density at radius 1 is 1.10 bits per heavy atom. The smallest absolute Gasteiger partial charge is 0.285 e. The van der Waals surface area contributed by atoms with Gasteiger partial charge in [-0.05, 0) is 61.9 Å². The number of anilines is 1. The van der Waals surface area contributed by atoms with Gasteiger partial charge >= 0.3 is 0 Å². The van der Waals surface area contributed by atoms with Gasteiger partial charge < -0.3 is 4.90 Å². The van der Waals surface area contributed by atoms with Crippen LogP contribution in [0.2, 0.25) is 10.0 Å². The van der Waals surface area contributed by atoms with Crippen molar-refractivity contribution in [1.82, 2.24) is 10.4 Å². The Morgan fingerprint density at radius 2 is 1.77 bits per heavy atom. The molecule has 0 bridgehead atoms. The monoisotopic (exact) mass is 458 g/mol. The highest BCUT2D eigenvalue weighted by atomic mass is 35.5. The van der Waals surface area contributed by atoms with Crippen molar-refractivity contribution in [2.24, 2.45) is 4.99 Å². The van der Waals surface area contributed by atoms with Crippen LogP contribution in [0.4, 0.5) is 5.69 Å². The molecule has 0 aromatic heterocycles. The van der Waals surface area contributed by atoms with Gasteiger partial charge in [0.15, 0.2) is 0 Å². The lowest BCUT2D eigenvalue weighted by Crippen LogP contribution is -2.46. The van der Waals surface area contributed by atoms with Crippen LogP contribution in [0.1, 0.15) is 38.2 Å². The lowest BCUT2D eigenvalue weighted by atomic mass is 10.1. The predicted octanol–water partition coefficient (Wildman–Crippen LogP) is 5.84. The standard InChI is InChI=1S/C24H28Cl2N4O/c1-3-22(23(27-2)24(31)28-29-15-7-4-8-16-29)30(20-13-11-19(25)12-14-20)17-18-9-5-6-10-21(18)26/h5-6,9-14H,2-4,7-8,15-17H2,1H3,(H,28,31)/b23-22-. The van der Waals surface area contributed by atoms with Gasteiger partial charge in [-0.25, -0.2) is 5.01 Å². The lowest BCUT2D eigenvalue weighted by Gasteiger charge is -2.30. The number of nitrogens with one attached hydrogen (secondary N) is 1. The van der Waals surface area contributed by atoms with Crippen molar-refractivity contribution in [2.45, 2.75) is 39.2 Å². The third-order valence-electron chi connectivity index (χ3n) is 5.35. The molecular weight excluding hydrogens is 431 g/mol. The van der Waals surface area contributed by atoms with E-state index in [1.54, 1.807) is 0 Å². The summed E-state index contributed by atoms with van der Waals surface area (Å²) < 4.78 is 0. The molecule has 1 N–H and O–H groups in total. The number of piperidine rings is 1. The van der Waals surface area contributed by atoms with Crippen molar-refractivity contribution in [1.29, 1.82) is 0 Å². The Kier molecular flexibility index (Phi) is 8.52. The number of hydrogen-bond acceptors (Lipinski definition) is 4. The number of halogens is 2. The highest BCUT2D eigenvalue weighted by Crippen LogP contribution is 2.29. The number of carbonyl (C=O) groups excluding carboxylic acids is 1. The molecule has 3 rings (SSSR count). The van der Waals surface area contributed by atoms with Crippen LogP contribution in [-0.4, -0.2) is 30.7 Å². The van der Waals surface area contributed by atoms with E-state index in [2.05, 4.69) is 22.0 Å². The van der Waals surface area contributed by atoms with Gasteiger partial charge in [-0.15, -0.1) is 0 Å². The molecule has 0 aliphatic carbocycles. The van der Waals surface area contributed by atoms with Crippen molar-refractivity contribution in [3.8, 4) is 0 Å². The molecule has 1 aliphatic heterocycles. The van der Waals surface area contributed by atoms with Crippen LogP contribution in [0.5, 0.6) is 0 Å². The van der Waals surface area contributed by atoms with Gasteiger partial charge in [0.25, 0.3) is 5.91 Å². The third-order valence-corrected chi connectivity index (χ3v) is 5.97. The summed E-state index contributed by atoms with van der Waals surface area (Å²) in [5, 5.41) is 3.28. The Hall–Kier alpha value is -2.34. The van der Waals surface area contributed by atoms with Crippen molar-refractivity contribution in [3.63, 3.8) is 0 Å². The van der Waals surface area contributed by atoms with Gasteiger partial charge in [0.1, 0.15) is 5.70 Å². The first-order valence-corrected chi connectivity index (χ1v) is 11.3. The maximum Gasteiger partial charge on any atom is 0.285 e. The zero-order chi connectivity index (χ0) is 22.2. The Bertz CT molecular complexity index is 937. The fourth-order valence-electron chi connectivity index (χ4n) is 3.74. The minimum absolute atomic E-state index is 0.244. The first kappa shape index (κ1) is 23.3. The van der Waals surface area contributed by atoms with Crippen molar-refractivity contribution < 1.29 is 4.79 Å². The minimum Gasteiger partial charge on any atom is -0.338 e. The Labute approximate surface area is 194 Å². The zero-order valence-electron chi connectivity index (χ0n) is 17.8. The summed E-state index contributed by atoms with van der Waals surface area (Å²) in [5.74, 6) is -0.244. The van der Waals surface area contributed by atoms with Crippen molar-refractivity contribution >= 4 is 41.5 Å². The second-order valence-corrected chi connectivity index (χ2v) is 8.29. The molecule has 5 nitrogen and oxygen atoms in total. The molecule has 0 atom stereocenters. The number of aliphatic imine (C=N–C) groups is 1. The van der Waals surface area contributed by atoms with Gasteiger partial charge in [-0.2, -0.15) is 0 Å². The number of carbonyl (C=O) groups is 1. The number of amides is 1. The molecule has 1 heterocycles. The third kappa shape index (κ3) is 6.10. The summed E-state index contributed by atoms with van der Waals surface area (Å²) in [4.78, 5) is 19.3. The topological polar surface area (TPSA) is 47.9 Å². The Morgan fingerprint density at radius 3 is 2.39 bits per heavy atom. The normalized spacial score (nSPS) is 15.2. The van der Waals surface area contributed by atoms with Gasteiger partial charge in [0.2, 0.25) is 0 Å². The molecule has 2 aromatic rings.